The van der Waals surface area contributed by atoms with Gasteiger partial charge >= 0.3 is 0 Å². The fourth-order valence-corrected chi connectivity index (χ4v) is 3.58. The molecule has 1 amide bonds. The standard InChI is InChI=1S/C11H10Br2N4O3S/c1-17-5-9(21(14,19)20)10(16-17)15-11(18)6-2-7(12)4-8(13)3-6/h2-5H,1H3,(H2,14,19,20)(H,15,16,18). The van der Waals surface area contributed by atoms with Crippen LogP contribution in [0.15, 0.2) is 38.2 Å². The number of primary sulfonamides is 1. The van der Waals surface area contributed by atoms with Crippen LogP contribution in [0.25, 0.3) is 0 Å². The van der Waals surface area contributed by atoms with Crippen LogP contribution in [0, 0.1) is 0 Å². The number of aryl methyl sites for hydroxylation is 1. The second-order valence-electron chi connectivity index (χ2n) is 4.17. The van der Waals surface area contributed by atoms with Gasteiger partial charge in [0.15, 0.2) is 5.82 Å². The Morgan fingerprint density at radius 1 is 1.29 bits per heavy atom. The average molecular weight is 438 g/mol. The third-order valence-electron chi connectivity index (χ3n) is 2.46. The summed E-state index contributed by atoms with van der Waals surface area (Å²) >= 11 is 6.54. The normalized spacial score (nSPS) is 11.4. The summed E-state index contributed by atoms with van der Waals surface area (Å²) in [6.45, 7) is 0. The first kappa shape index (κ1) is 16.1. The Morgan fingerprint density at radius 2 is 1.86 bits per heavy atom. The Labute approximate surface area is 137 Å². The molecule has 2 rings (SSSR count). The summed E-state index contributed by atoms with van der Waals surface area (Å²) in [5, 5.41) is 11.4. The summed E-state index contributed by atoms with van der Waals surface area (Å²) in [5.74, 6) is -0.610. The number of nitrogens with two attached hydrogens (primary N) is 1. The summed E-state index contributed by atoms with van der Waals surface area (Å²) in [4.78, 5) is 11.9. The van der Waals surface area contributed by atoms with Gasteiger partial charge in [-0.1, -0.05) is 31.9 Å². The highest BCUT2D eigenvalue weighted by Gasteiger charge is 2.20. The molecule has 7 nitrogen and oxygen atoms in total. The van der Waals surface area contributed by atoms with Crippen molar-refractivity contribution in [3.05, 3.63) is 38.9 Å². The van der Waals surface area contributed by atoms with E-state index in [0.29, 0.717) is 14.5 Å². The molecule has 0 spiro atoms. The van der Waals surface area contributed by atoms with E-state index in [1.165, 1.54) is 17.9 Å². The molecular formula is C11H10Br2N4O3S. The molecule has 0 aliphatic rings. The number of nitrogens with one attached hydrogen (secondary N) is 1. The van der Waals surface area contributed by atoms with E-state index in [1.54, 1.807) is 18.2 Å². The van der Waals surface area contributed by atoms with Gasteiger partial charge in [-0.15, -0.1) is 0 Å². The Kier molecular flexibility index (Phi) is 4.51. The maximum absolute atomic E-state index is 12.2. The number of amides is 1. The van der Waals surface area contributed by atoms with Crippen LogP contribution in [0.2, 0.25) is 0 Å². The van der Waals surface area contributed by atoms with Gasteiger partial charge in [-0.3, -0.25) is 9.48 Å². The van der Waals surface area contributed by atoms with E-state index in [-0.39, 0.29) is 10.7 Å². The van der Waals surface area contributed by atoms with Crippen LogP contribution in [-0.2, 0) is 17.1 Å². The second-order valence-corrected chi connectivity index (χ2v) is 7.53. The Bertz CT molecular complexity index is 797. The van der Waals surface area contributed by atoms with E-state index >= 15 is 0 Å². The lowest BCUT2D eigenvalue weighted by Crippen LogP contribution is -2.17. The van der Waals surface area contributed by atoms with Gasteiger partial charge in [0.2, 0.25) is 10.0 Å². The highest BCUT2D eigenvalue weighted by atomic mass is 79.9. The third-order valence-corrected chi connectivity index (χ3v) is 4.29. The predicted molar refractivity (Wildman–Crippen MR) is 84.4 cm³/mol. The molecule has 1 heterocycles. The molecule has 0 saturated carbocycles. The van der Waals surface area contributed by atoms with Crippen LogP contribution >= 0.6 is 31.9 Å². The van der Waals surface area contributed by atoms with E-state index in [0.717, 1.165) is 0 Å². The van der Waals surface area contributed by atoms with Gasteiger partial charge in [0.25, 0.3) is 5.91 Å². The molecule has 10 heteroatoms. The summed E-state index contributed by atoms with van der Waals surface area (Å²) in [6.07, 6.45) is 1.22. The van der Waals surface area contributed by atoms with Crippen LogP contribution in [0.5, 0.6) is 0 Å². The second kappa shape index (κ2) is 5.87. The number of aromatic nitrogens is 2. The highest BCUT2D eigenvalue weighted by Crippen LogP contribution is 2.22. The number of hydrogen-bond acceptors (Lipinski definition) is 4. The molecule has 0 atom stereocenters. The highest BCUT2D eigenvalue weighted by molar-refractivity contribution is 9.11. The average Bonchev–Trinajstić information content (AvgIpc) is 2.68. The van der Waals surface area contributed by atoms with Crippen molar-refractivity contribution >= 4 is 53.6 Å². The lowest BCUT2D eigenvalue weighted by atomic mass is 10.2. The van der Waals surface area contributed by atoms with Crippen molar-refractivity contribution in [2.45, 2.75) is 4.90 Å². The Balaban J connectivity index is 2.36. The van der Waals surface area contributed by atoms with Crippen LogP contribution in [0.4, 0.5) is 5.82 Å². The van der Waals surface area contributed by atoms with Crippen molar-refractivity contribution in [3.63, 3.8) is 0 Å². The zero-order valence-electron chi connectivity index (χ0n) is 10.7. The molecule has 0 bridgehead atoms. The van der Waals surface area contributed by atoms with Crippen LogP contribution in [0.1, 0.15) is 10.4 Å². The molecule has 0 saturated heterocycles. The summed E-state index contributed by atoms with van der Waals surface area (Å²) in [6, 6.07) is 4.96. The maximum Gasteiger partial charge on any atom is 0.256 e. The van der Waals surface area contributed by atoms with Crippen molar-refractivity contribution in [1.29, 1.82) is 0 Å². The Hall–Kier alpha value is -1.23. The largest absolute Gasteiger partial charge is 0.304 e. The minimum Gasteiger partial charge on any atom is -0.304 e. The topological polar surface area (TPSA) is 107 Å². The van der Waals surface area contributed by atoms with E-state index in [2.05, 4.69) is 42.3 Å². The fourth-order valence-electron chi connectivity index (χ4n) is 1.63. The number of nitrogens with zero attached hydrogens (tertiary/aromatic N) is 2. The molecule has 112 valence electrons. The van der Waals surface area contributed by atoms with Gasteiger partial charge in [-0.2, -0.15) is 5.10 Å². The number of carbonyl (C=O) groups is 1. The monoisotopic (exact) mass is 436 g/mol. The summed E-state index contributed by atoms with van der Waals surface area (Å²) in [7, 11) is -2.45. The first-order valence-corrected chi connectivity index (χ1v) is 8.64. The van der Waals surface area contributed by atoms with Crippen LogP contribution in [-0.4, -0.2) is 24.1 Å². The van der Waals surface area contributed by atoms with Gasteiger partial charge in [-0.05, 0) is 18.2 Å². The van der Waals surface area contributed by atoms with Crippen LogP contribution < -0.4 is 10.5 Å². The number of sulfonamides is 1. The van der Waals surface area contributed by atoms with Crippen molar-refractivity contribution < 1.29 is 13.2 Å². The summed E-state index contributed by atoms with van der Waals surface area (Å²) < 4.78 is 25.6. The van der Waals surface area contributed by atoms with Crippen molar-refractivity contribution in [2.75, 3.05) is 5.32 Å². The number of halogens is 2. The van der Waals surface area contributed by atoms with Crippen LogP contribution in [0.3, 0.4) is 0 Å². The molecule has 0 fully saturated rings. The van der Waals surface area contributed by atoms with Gasteiger partial charge in [0.05, 0.1) is 0 Å². The minimum atomic E-state index is -3.97. The molecule has 1 aromatic carbocycles. The SMILES string of the molecule is Cn1cc(S(N)(=O)=O)c(NC(=O)c2cc(Br)cc(Br)c2)n1. The third kappa shape index (κ3) is 3.90. The first-order valence-electron chi connectivity index (χ1n) is 5.50. The Morgan fingerprint density at radius 3 is 2.38 bits per heavy atom. The molecular weight excluding hydrogens is 428 g/mol. The van der Waals surface area contributed by atoms with Gasteiger partial charge in [0, 0.05) is 27.8 Å². The van der Waals surface area contributed by atoms with Crippen molar-refractivity contribution in [2.24, 2.45) is 12.2 Å². The lowest BCUT2D eigenvalue weighted by molar-refractivity contribution is 0.102. The lowest BCUT2D eigenvalue weighted by Gasteiger charge is -2.05. The number of carbonyl (C=O) groups excluding carboxylic acids is 1. The first-order chi connectivity index (χ1) is 9.66. The van der Waals surface area contributed by atoms with E-state index in [4.69, 9.17) is 5.14 Å². The molecule has 2 aromatic rings. The zero-order valence-corrected chi connectivity index (χ0v) is 14.7. The van der Waals surface area contributed by atoms with E-state index < -0.39 is 15.9 Å². The van der Waals surface area contributed by atoms with Gasteiger partial charge in [-0.25, -0.2) is 13.6 Å². The molecule has 0 radical (unpaired) electrons. The van der Waals surface area contributed by atoms with Gasteiger partial charge in [0.1, 0.15) is 4.90 Å². The minimum absolute atomic E-state index is 0.110. The van der Waals surface area contributed by atoms with E-state index in [9.17, 15) is 13.2 Å². The molecule has 0 aliphatic heterocycles. The van der Waals surface area contributed by atoms with E-state index in [1.807, 2.05) is 0 Å². The number of rotatable bonds is 3. The number of benzene rings is 1. The zero-order chi connectivity index (χ0) is 15.8. The van der Waals surface area contributed by atoms with Crippen molar-refractivity contribution in [3.8, 4) is 0 Å². The van der Waals surface area contributed by atoms with Crippen molar-refractivity contribution in [1.82, 2.24) is 9.78 Å². The molecule has 0 unspecified atom stereocenters. The smallest absolute Gasteiger partial charge is 0.256 e. The molecule has 3 N–H and O–H groups in total. The molecule has 1 aromatic heterocycles. The molecule has 0 aliphatic carbocycles. The maximum atomic E-state index is 12.2. The van der Waals surface area contributed by atoms with Gasteiger partial charge < -0.3 is 5.32 Å². The quantitative estimate of drug-likeness (QED) is 0.763. The number of anilines is 1. The summed E-state index contributed by atoms with van der Waals surface area (Å²) in [5.41, 5.74) is 0.335. The molecule has 21 heavy (non-hydrogen) atoms. The predicted octanol–water partition coefficient (Wildman–Crippen LogP) is 1.84. The fraction of sp³-hybridized carbons (Fsp3) is 0.0909. The number of hydrogen-bond donors (Lipinski definition) is 2.